The van der Waals surface area contributed by atoms with Crippen LogP contribution in [0.4, 0.5) is 4.79 Å². The van der Waals surface area contributed by atoms with Gasteiger partial charge in [-0.05, 0) is 19.3 Å². The fourth-order valence-corrected chi connectivity index (χ4v) is 5.15. The Bertz CT molecular complexity index is 801. The number of ether oxygens (including phenoxy) is 3. The lowest BCUT2D eigenvalue weighted by Crippen LogP contribution is -2.64. The Morgan fingerprint density at radius 3 is 2.19 bits per heavy atom. The van der Waals surface area contributed by atoms with Crippen LogP contribution in [0, 0.1) is 5.92 Å². The van der Waals surface area contributed by atoms with Gasteiger partial charge < -0.3 is 35.1 Å². The predicted octanol–water partition coefficient (Wildman–Crippen LogP) is 1.49. The van der Waals surface area contributed by atoms with Crippen molar-refractivity contribution < 1.29 is 33.4 Å². The Balaban J connectivity index is 1.68. The van der Waals surface area contributed by atoms with E-state index in [2.05, 4.69) is 16.0 Å². The summed E-state index contributed by atoms with van der Waals surface area (Å²) in [5.41, 5.74) is -1.11. The molecule has 0 bridgehead atoms. The maximum atomic E-state index is 13.7. The quantitative estimate of drug-likeness (QED) is 0.349. The molecular weight excluding hydrogens is 480 g/mol. The number of amides is 4. The van der Waals surface area contributed by atoms with Gasteiger partial charge in [0.15, 0.2) is 5.79 Å². The van der Waals surface area contributed by atoms with E-state index in [9.17, 15) is 19.2 Å². The van der Waals surface area contributed by atoms with Gasteiger partial charge in [0.05, 0.1) is 39.0 Å². The van der Waals surface area contributed by atoms with Gasteiger partial charge in [-0.25, -0.2) is 4.79 Å². The second-order valence-corrected chi connectivity index (χ2v) is 10.6. The molecule has 2 heterocycles. The zero-order valence-electron chi connectivity index (χ0n) is 22.6. The molecule has 0 aromatic carbocycles. The molecule has 0 radical (unpaired) electrons. The van der Waals surface area contributed by atoms with E-state index < -0.39 is 35.0 Å². The summed E-state index contributed by atoms with van der Waals surface area (Å²) in [7, 11) is 0. The summed E-state index contributed by atoms with van der Waals surface area (Å²) in [5, 5.41) is 8.49. The number of ketones is 1. The lowest BCUT2D eigenvalue weighted by molar-refractivity contribution is -0.185. The van der Waals surface area contributed by atoms with E-state index in [4.69, 9.17) is 14.2 Å². The molecule has 0 aromatic heterocycles. The number of urea groups is 1. The Morgan fingerprint density at radius 2 is 1.59 bits per heavy atom. The zero-order valence-corrected chi connectivity index (χ0v) is 22.6. The van der Waals surface area contributed by atoms with Gasteiger partial charge in [0.25, 0.3) is 5.91 Å². The highest BCUT2D eigenvalue weighted by molar-refractivity contribution is 6.38. The first-order valence-corrected chi connectivity index (χ1v) is 13.8. The molecule has 0 aromatic rings. The lowest BCUT2D eigenvalue weighted by atomic mass is 9.80. The summed E-state index contributed by atoms with van der Waals surface area (Å²) in [5.74, 6) is -2.88. The number of morpholine rings is 1. The van der Waals surface area contributed by atoms with Crippen LogP contribution in [-0.2, 0) is 28.6 Å². The van der Waals surface area contributed by atoms with Gasteiger partial charge in [-0.3, -0.25) is 14.4 Å². The molecule has 3 N–H and O–H groups in total. The number of nitrogens with one attached hydrogen (secondary N) is 3. The molecule has 37 heavy (non-hydrogen) atoms. The number of unbranched alkanes of at least 4 members (excludes halogenated alkanes) is 1. The minimum absolute atomic E-state index is 0.0257. The molecule has 0 spiro atoms. The van der Waals surface area contributed by atoms with Crippen LogP contribution in [0.2, 0.25) is 0 Å². The number of carbonyl (C=O) groups excluding carboxylic acids is 4. The second kappa shape index (κ2) is 13.5. The van der Waals surface area contributed by atoms with Crippen molar-refractivity contribution in [2.75, 3.05) is 46.1 Å². The summed E-state index contributed by atoms with van der Waals surface area (Å²) in [6.45, 7) is 8.59. The normalized spacial score (nSPS) is 21.8. The van der Waals surface area contributed by atoms with E-state index in [1.165, 1.54) is 0 Å². The topological polar surface area (TPSA) is 135 Å². The van der Waals surface area contributed by atoms with Crippen LogP contribution < -0.4 is 16.0 Å². The van der Waals surface area contributed by atoms with E-state index in [0.717, 1.165) is 25.7 Å². The standard InChI is InChI=1S/C26H44N4O7/c1-4-5-9-20(21(31)22(32)27-18-26(19(2)3)36-16-17-37-26)28-23(33)25(10-7-6-8-11-25)29-24(34)30-12-14-35-15-13-30/h19-20H,4-18H2,1-3H3,(H,27,32)(H,28,33)(H,29,34). The smallest absolute Gasteiger partial charge is 0.318 e. The van der Waals surface area contributed by atoms with Crippen LogP contribution in [0.15, 0.2) is 0 Å². The second-order valence-electron chi connectivity index (χ2n) is 10.6. The summed E-state index contributed by atoms with van der Waals surface area (Å²) in [4.78, 5) is 54.4. The molecule has 11 heteroatoms. The van der Waals surface area contributed by atoms with Crippen LogP contribution >= 0.6 is 0 Å². The molecule has 2 aliphatic heterocycles. The van der Waals surface area contributed by atoms with E-state index in [1.54, 1.807) is 4.90 Å². The fourth-order valence-electron chi connectivity index (χ4n) is 5.15. The van der Waals surface area contributed by atoms with Crippen molar-refractivity contribution in [1.82, 2.24) is 20.9 Å². The number of hydrogen-bond donors (Lipinski definition) is 3. The monoisotopic (exact) mass is 524 g/mol. The molecule has 1 unspecified atom stereocenters. The molecule has 1 saturated carbocycles. The van der Waals surface area contributed by atoms with Crippen LogP contribution in [0.1, 0.15) is 72.1 Å². The van der Waals surface area contributed by atoms with Gasteiger partial charge in [-0.2, -0.15) is 0 Å². The van der Waals surface area contributed by atoms with Crippen molar-refractivity contribution in [3.05, 3.63) is 0 Å². The minimum atomic E-state index is -1.11. The van der Waals surface area contributed by atoms with Crippen LogP contribution in [0.3, 0.4) is 0 Å². The van der Waals surface area contributed by atoms with Gasteiger partial charge in [-0.15, -0.1) is 0 Å². The molecule has 4 amide bonds. The largest absolute Gasteiger partial charge is 0.378 e. The Kier molecular flexibility index (Phi) is 10.7. The highest BCUT2D eigenvalue weighted by Crippen LogP contribution is 2.30. The molecule has 210 valence electrons. The maximum Gasteiger partial charge on any atom is 0.318 e. The summed E-state index contributed by atoms with van der Waals surface area (Å²) >= 11 is 0. The number of carbonyl (C=O) groups is 4. The van der Waals surface area contributed by atoms with Crippen molar-refractivity contribution in [3.8, 4) is 0 Å². The Labute approximate surface area is 219 Å². The van der Waals surface area contributed by atoms with Crippen LogP contribution in [0.5, 0.6) is 0 Å². The maximum absolute atomic E-state index is 13.7. The van der Waals surface area contributed by atoms with Crippen molar-refractivity contribution in [2.45, 2.75) is 89.5 Å². The van der Waals surface area contributed by atoms with E-state index in [1.807, 2.05) is 20.8 Å². The summed E-state index contributed by atoms with van der Waals surface area (Å²) in [6.07, 6.45) is 5.35. The highest BCUT2D eigenvalue weighted by Gasteiger charge is 2.44. The third-order valence-electron chi connectivity index (χ3n) is 7.63. The number of hydrogen-bond acceptors (Lipinski definition) is 7. The molecular formula is C26H44N4O7. The van der Waals surface area contributed by atoms with Crippen molar-refractivity contribution in [2.24, 2.45) is 5.92 Å². The number of rotatable bonds is 11. The number of Topliss-reactive ketones (excluding diaryl/α,β-unsaturated/α-hetero) is 1. The average molecular weight is 525 g/mol. The van der Waals surface area contributed by atoms with Crippen LogP contribution in [0.25, 0.3) is 0 Å². The van der Waals surface area contributed by atoms with Gasteiger partial charge in [-0.1, -0.05) is 52.9 Å². The minimum Gasteiger partial charge on any atom is -0.378 e. The third-order valence-corrected chi connectivity index (χ3v) is 7.63. The predicted molar refractivity (Wildman–Crippen MR) is 136 cm³/mol. The first-order chi connectivity index (χ1) is 17.7. The molecule has 1 atom stereocenters. The SMILES string of the molecule is CCCCC(NC(=O)C1(NC(=O)N2CCOCC2)CCCCC1)C(=O)C(=O)NCC1(C(C)C)OCCO1. The molecule has 3 rings (SSSR count). The van der Waals surface area contributed by atoms with E-state index >= 15 is 0 Å². The van der Waals surface area contributed by atoms with E-state index in [-0.39, 0.29) is 18.5 Å². The summed E-state index contributed by atoms with van der Waals surface area (Å²) < 4.78 is 16.8. The molecule has 3 fully saturated rings. The molecule has 11 nitrogen and oxygen atoms in total. The first-order valence-electron chi connectivity index (χ1n) is 13.8. The van der Waals surface area contributed by atoms with Gasteiger partial charge in [0, 0.05) is 19.0 Å². The zero-order chi connectivity index (χ0) is 26.9. The summed E-state index contributed by atoms with van der Waals surface area (Å²) in [6, 6.07) is -1.28. The fraction of sp³-hybridized carbons (Fsp3) is 0.846. The van der Waals surface area contributed by atoms with Gasteiger partial charge in [0.2, 0.25) is 11.7 Å². The van der Waals surface area contributed by atoms with Crippen molar-refractivity contribution in [3.63, 3.8) is 0 Å². The molecule has 1 aliphatic carbocycles. The number of nitrogens with zero attached hydrogens (tertiary/aromatic N) is 1. The Hall–Kier alpha value is -2.24. The van der Waals surface area contributed by atoms with Crippen LogP contribution in [-0.4, -0.2) is 92.0 Å². The van der Waals surface area contributed by atoms with E-state index in [0.29, 0.717) is 65.2 Å². The van der Waals surface area contributed by atoms with Crippen molar-refractivity contribution in [1.29, 1.82) is 0 Å². The average Bonchev–Trinajstić information content (AvgIpc) is 3.40. The third kappa shape index (κ3) is 7.42. The lowest BCUT2D eigenvalue weighted by Gasteiger charge is -2.39. The molecule has 3 aliphatic rings. The molecule has 2 saturated heterocycles. The van der Waals surface area contributed by atoms with Gasteiger partial charge in [0.1, 0.15) is 5.54 Å². The Morgan fingerprint density at radius 1 is 0.946 bits per heavy atom. The van der Waals surface area contributed by atoms with Gasteiger partial charge >= 0.3 is 6.03 Å². The first kappa shape index (κ1) is 29.3. The highest BCUT2D eigenvalue weighted by atomic mass is 16.7. The van der Waals surface area contributed by atoms with Crippen molar-refractivity contribution >= 4 is 23.6 Å².